The van der Waals surface area contributed by atoms with Crippen LogP contribution in [0.25, 0.3) is 0 Å². The summed E-state index contributed by atoms with van der Waals surface area (Å²) in [7, 11) is 1.69. The number of rotatable bonds is 3. The molecule has 1 saturated heterocycles. The van der Waals surface area contributed by atoms with E-state index in [9.17, 15) is 4.79 Å². The third kappa shape index (κ3) is 3.04. The van der Waals surface area contributed by atoms with Crippen LogP contribution in [0.1, 0.15) is 24.1 Å². The van der Waals surface area contributed by atoms with E-state index in [0.29, 0.717) is 6.54 Å². The Morgan fingerprint density at radius 2 is 2.37 bits per heavy atom. The lowest BCUT2D eigenvalue weighted by molar-refractivity contribution is -0.124. The molecule has 1 amide bonds. The second kappa shape index (κ2) is 6.02. The van der Waals surface area contributed by atoms with Gasteiger partial charge in [-0.05, 0) is 25.8 Å². The average molecular weight is 262 g/mol. The maximum atomic E-state index is 11.8. The number of nitrogens with one attached hydrogen (secondary N) is 1. The molecule has 0 aromatic carbocycles. The molecule has 1 aliphatic heterocycles. The Balaban J connectivity index is 2.21. The number of amides is 1. The summed E-state index contributed by atoms with van der Waals surface area (Å²) in [6.45, 7) is 4.12. The molecule has 1 fully saturated rings. The summed E-state index contributed by atoms with van der Waals surface area (Å²) in [5, 5.41) is 2.74. The number of carbonyl (C=O) groups excluding carboxylic acids is 1. The predicted octanol–water partition coefficient (Wildman–Crippen LogP) is 0.811. The topological polar surface area (TPSA) is 71.2 Å². The molecule has 1 aromatic rings. The summed E-state index contributed by atoms with van der Waals surface area (Å²) in [4.78, 5) is 18.6. The van der Waals surface area contributed by atoms with E-state index in [1.807, 2.05) is 19.1 Å². The van der Waals surface area contributed by atoms with Crippen LogP contribution in [-0.4, -0.2) is 31.0 Å². The summed E-state index contributed by atoms with van der Waals surface area (Å²) < 4.78 is 0. The third-order valence-corrected chi connectivity index (χ3v) is 3.65. The number of hydrogen-bond acceptors (Lipinski definition) is 4. The maximum absolute atomic E-state index is 11.8. The van der Waals surface area contributed by atoms with E-state index in [-0.39, 0.29) is 11.8 Å². The lowest BCUT2D eigenvalue weighted by atomic mass is 9.97. The van der Waals surface area contributed by atoms with Crippen LogP contribution in [0, 0.1) is 12.8 Å². The molecule has 3 N–H and O–H groups in total. The average Bonchev–Trinajstić information content (AvgIpc) is 2.46. The van der Waals surface area contributed by atoms with Crippen LogP contribution in [0.3, 0.4) is 0 Å². The van der Waals surface area contributed by atoms with E-state index in [4.69, 9.17) is 5.73 Å². The van der Waals surface area contributed by atoms with Crippen molar-refractivity contribution in [1.29, 1.82) is 0 Å². The van der Waals surface area contributed by atoms with Crippen molar-refractivity contribution < 1.29 is 4.79 Å². The van der Waals surface area contributed by atoms with Crippen molar-refractivity contribution in [3.8, 4) is 0 Å². The number of piperidine rings is 1. The zero-order valence-electron chi connectivity index (χ0n) is 11.6. The molecular weight excluding hydrogens is 240 g/mol. The number of nitrogens with two attached hydrogens (primary N) is 1. The minimum Gasteiger partial charge on any atom is -0.359 e. The van der Waals surface area contributed by atoms with Crippen LogP contribution in [0.15, 0.2) is 12.1 Å². The Labute approximate surface area is 114 Å². The predicted molar refractivity (Wildman–Crippen MR) is 75.9 cm³/mol. The Hall–Kier alpha value is -1.62. The van der Waals surface area contributed by atoms with E-state index < -0.39 is 0 Å². The van der Waals surface area contributed by atoms with Crippen molar-refractivity contribution in [3.63, 3.8) is 0 Å². The summed E-state index contributed by atoms with van der Waals surface area (Å²) >= 11 is 0. The molecule has 2 heterocycles. The number of anilines is 1. The first-order chi connectivity index (χ1) is 9.15. The van der Waals surface area contributed by atoms with E-state index in [1.165, 1.54) is 0 Å². The Kier molecular flexibility index (Phi) is 4.37. The minimum absolute atomic E-state index is 0.0479. The molecule has 0 bridgehead atoms. The van der Waals surface area contributed by atoms with Crippen LogP contribution in [0.2, 0.25) is 0 Å². The molecule has 0 saturated carbocycles. The molecule has 19 heavy (non-hydrogen) atoms. The fraction of sp³-hybridized carbons (Fsp3) is 0.571. The molecule has 1 aromatic heterocycles. The SMILES string of the molecule is CNC(=O)C1CCCN(c2nc(C)ccc2CN)C1. The third-order valence-electron chi connectivity index (χ3n) is 3.65. The first kappa shape index (κ1) is 13.8. The zero-order valence-corrected chi connectivity index (χ0v) is 11.6. The first-order valence-corrected chi connectivity index (χ1v) is 6.79. The van der Waals surface area contributed by atoms with Gasteiger partial charge in [0.15, 0.2) is 0 Å². The summed E-state index contributed by atoms with van der Waals surface area (Å²) in [5.74, 6) is 1.11. The van der Waals surface area contributed by atoms with Crippen LogP contribution >= 0.6 is 0 Å². The highest BCUT2D eigenvalue weighted by atomic mass is 16.1. The van der Waals surface area contributed by atoms with Crippen molar-refractivity contribution in [2.45, 2.75) is 26.3 Å². The van der Waals surface area contributed by atoms with Crippen LogP contribution < -0.4 is 16.0 Å². The van der Waals surface area contributed by atoms with Crippen molar-refractivity contribution in [1.82, 2.24) is 10.3 Å². The number of aryl methyl sites for hydroxylation is 1. The number of hydrogen-bond donors (Lipinski definition) is 2. The van der Waals surface area contributed by atoms with Crippen LogP contribution in [-0.2, 0) is 11.3 Å². The van der Waals surface area contributed by atoms with Gasteiger partial charge >= 0.3 is 0 Å². The van der Waals surface area contributed by atoms with Gasteiger partial charge < -0.3 is 16.0 Å². The fourth-order valence-electron chi connectivity index (χ4n) is 2.59. The number of pyridine rings is 1. The monoisotopic (exact) mass is 262 g/mol. The smallest absolute Gasteiger partial charge is 0.224 e. The first-order valence-electron chi connectivity index (χ1n) is 6.79. The molecular formula is C14H22N4O. The highest BCUT2D eigenvalue weighted by Gasteiger charge is 2.26. The highest BCUT2D eigenvalue weighted by molar-refractivity contribution is 5.79. The maximum Gasteiger partial charge on any atom is 0.224 e. The molecule has 0 aliphatic carbocycles. The summed E-state index contributed by atoms with van der Waals surface area (Å²) in [6.07, 6.45) is 1.96. The van der Waals surface area contributed by atoms with Crippen molar-refractivity contribution in [2.24, 2.45) is 11.7 Å². The molecule has 2 rings (SSSR count). The normalized spacial score (nSPS) is 19.3. The second-order valence-corrected chi connectivity index (χ2v) is 5.04. The summed E-state index contributed by atoms with van der Waals surface area (Å²) in [5.41, 5.74) is 7.81. The van der Waals surface area contributed by atoms with E-state index in [0.717, 1.165) is 43.0 Å². The second-order valence-electron chi connectivity index (χ2n) is 5.04. The molecule has 104 valence electrons. The van der Waals surface area contributed by atoms with Gasteiger partial charge in [0.25, 0.3) is 0 Å². The van der Waals surface area contributed by atoms with Gasteiger partial charge in [-0.2, -0.15) is 0 Å². The van der Waals surface area contributed by atoms with Gasteiger partial charge in [0, 0.05) is 37.9 Å². The molecule has 5 heteroatoms. The van der Waals surface area contributed by atoms with E-state index >= 15 is 0 Å². The molecule has 1 unspecified atom stereocenters. The van der Waals surface area contributed by atoms with Gasteiger partial charge in [0.2, 0.25) is 5.91 Å². The zero-order chi connectivity index (χ0) is 13.8. The van der Waals surface area contributed by atoms with Crippen molar-refractivity contribution in [2.75, 3.05) is 25.0 Å². The Morgan fingerprint density at radius 1 is 1.58 bits per heavy atom. The summed E-state index contributed by atoms with van der Waals surface area (Å²) in [6, 6.07) is 4.01. The van der Waals surface area contributed by atoms with Gasteiger partial charge in [0.05, 0.1) is 5.92 Å². The molecule has 0 spiro atoms. The van der Waals surface area contributed by atoms with Gasteiger partial charge in [-0.1, -0.05) is 6.07 Å². The lowest BCUT2D eigenvalue weighted by Gasteiger charge is -2.33. The van der Waals surface area contributed by atoms with Crippen molar-refractivity contribution in [3.05, 3.63) is 23.4 Å². The molecule has 5 nitrogen and oxygen atoms in total. The van der Waals surface area contributed by atoms with Gasteiger partial charge in [0.1, 0.15) is 5.82 Å². The van der Waals surface area contributed by atoms with E-state index in [2.05, 4.69) is 15.2 Å². The standard InChI is InChI=1S/C14H22N4O/c1-10-5-6-11(8-15)13(17-10)18-7-3-4-12(9-18)14(19)16-2/h5-6,12H,3-4,7-9,15H2,1-2H3,(H,16,19). The molecule has 1 atom stereocenters. The fourth-order valence-corrected chi connectivity index (χ4v) is 2.59. The van der Waals surface area contributed by atoms with Crippen LogP contribution in [0.5, 0.6) is 0 Å². The van der Waals surface area contributed by atoms with Crippen LogP contribution in [0.4, 0.5) is 5.82 Å². The van der Waals surface area contributed by atoms with Gasteiger partial charge in [-0.15, -0.1) is 0 Å². The molecule has 1 aliphatic rings. The lowest BCUT2D eigenvalue weighted by Crippen LogP contribution is -2.43. The number of nitrogens with zero attached hydrogens (tertiary/aromatic N) is 2. The minimum atomic E-state index is 0.0479. The number of carbonyl (C=O) groups is 1. The molecule has 0 radical (unpaired) electrons. The quantitative estimate of drug-likeness (QED) is 0.845. The highest BCUT2D eigenvalue weighted by Crippen LogP contribution is 2.25. The van der Waals surface area contributed by atoms with Gasteiger partial charge in [-0.25, -0.2) is 4.98 Å². The number of aromatic nitrogens is 1. The van der Waals surface area contributed by atoms with Gasteiger partial charge in [-0.3, -0.25) is 4.79 Å². The Morgan fingerprint density at radius 3 is 3.05 bits per heavy atom. The van der Waals surface area contributed by atoms with Crippen molar-refractivity contribution >= 4 is 11.7 Å². The largest absolute Gasteiger partial charge is 0.359 e. The Bertz CT molecular complexity index is 461. The van der Waals surface area contributed by atoms with E-state index in [1.54, 1.807) is 7.05 Å².